The van der Waals surface area contributed by atoms with E-state index in [0.29, 0.717) is 37.7 Å². The van der Waals surface area contributed by atoms with Crippen LogP contribution in [0.2, 0.25) is 0 Å². The van der Waals surface area contributed by atoms with Crippen LogP contribution in [-0.2, 0) is 33.3 Å². The van der Waals surface area contributed by atoms with Crippen molar-refractivity contribution >= 4 is 17.9 Å². The minimum absolute atomic E-state index is 0.0191. The minimum Gasteiger partial charge on any atom is -0.465 e. The molecular formula is C45H87NO7. The largest absolute Gasteiger partial charge is 0.465 e. The van der Waals surface area contributed by atoms with Crippen LogP contribution in [0, 0.1) is 17.3 Å². The van der Waals surface area contributed by atoms with E-state index < -0.39 is 5.41 Å². The summed E-state index contributed by atoms with van der Waals surface area (Å²) < 4.78 is 24.0. The maximum absolute atomic E-state index is 13.5. The predicted octanol–water partition coefficient (Wildman–Crippen LogP) is 11.7. The molecule has 0 aromatic heterocycles. The second-order valence-electron chi connectivity index (χ2n) is 16.2. The van der Waals surface area contributed by atoms with Crippen molar-refractivity contribution in [1.29, 1.82) is 0 Å². The Morgan fingerprint density at radius 2 is 0.849 bits per heavy atom. The summed E-state index contributed by atoms with van der Waals surface area (Å²) in [7, 11) is 4.15. The van der Waals surface area contributed by atoms with Gasteiger partial charge in [0.1, 0.15) is 19.8 Å². The number of ether oxygens (including phenoxy) is 4. The molecule has 0 fully saturated rings. The van der Waals surface area contributed by atoms with E-state index in [2.05, 4.69) is 53.6 Å². The molecule has 0 bridgehead atoms. The number of unbranched alkanes of at least 4 members (excludes halogenated alkanes) is 13. The second kappa shape index (κ2) is 36.0. The summed E-state index contributed by atoms with van der Waals surface area (Å²) in [6.07, 6.45) is 26.1. The summed E-state index contributed by atoms with van der Waals surface area (Å²) in [4.78, 5) is 41.5. The van der Waals surface area contributed by atoms with Crippen LogP contribution in [0.25, 0.3) is 0 Å². The summed E-state index contributed by atoms with van der Waals surface area (Å²) in [5, 5.41) is 0. The van der Waals surface area contributed by atoms with Gasteiger partial charge in [0.15, 0.2) is 0 Å². The molecule has 0 saturated heterocycles. The van der Waals surface area contributed by atoms with Crippen LogP contribution in [0.5, 0.6) is 0 Å². The molecule has 0 radical (unpaired) electrons. The summed E-state index contributed by atoms with van der Waals surface area (Å²) in [6.45, 7) is 12.8. The molecular weight excluding hydrogens is 666 g/mol. The Balaban J connectivity index is 5.83. The van der Waals surface area contributed by atoms with Gasteiger partial charge in [0, 0.05) is 25.9 Å². The third-order valence-corrected chi connectivity index (χ3v) is 10.6. The van der Waals surface area contributed by atoms with E-state index in [1.54, 1.807) is 0 Å². The fourth-order valence-electron chi connectivity index (χ4n) is 6.94. The molecule has 0 N–H and O–H groups in total. The lowest BCUT2D eigenvalue weighted by molar-refractivity contribution is -0.167. The molecule has 0 aromatic rings. The SMILES string of the molecule is CCCCCCCC(=O)OCC(COCCCCCN(C)C)(COC(=O)CCCCCCC)COC(=O)CCC(CCCC)C(CCCC)CCCC. The van der Waals surface area contributed by atoms with E-state index in [9.17, 15) is 14.4 Å². The van der Waals surface area contributed by atoms with Gasteiger partial charge in [0.25, 0.3) is 0 Å². The molecule has 0 saturated carbocycles. The Kier molecular flexibility index (Phi) is 34.9. The van der Waals surface area contributed by atoms with Crippen molar-refractivity contribution in [2.75, 3.05) is 53.7 Å². The van der Waals surface area contributed by atoms with Gasteiger partial charge < -0.3 is 23.8 Å². The first kappa shape index (κ1) is 51.3. The van der Waals surface area contributed by atoms with Crippen molar-refractivity contribution in [1.82, 2.24) is 4.90 Å². The molecule has 1 atom stereocenters. The second-order valence-corrected chi connectivity index (χ2v) is 16.2. The van der Waals surface area contributed by atoms with E-state index in [1.165, 1.54) is 44.9 Å². The van der Waals surface area contributed by atoms with E-state index >= 15 is 0 Å². The molecule has 314 valence electrons. The molecule has 8 nitrogen and oxygen atoms in total. The predicted molar refractivity (Wildman–Crippen MR) is 220 cm³/mol. The zero-order valence-electron chi connectivity index (χ0n) is 36.1. The van der Waals surface area contributed by atoms with E-state index in [-0.39, 0.29) is 44.3 Å². The quantitative estimate of drug-likeness (QED) is 0.0348. The Bertz CT molecular complexity index is 826. The van der Waals surface area contributed by atoms with Gasteiger partial charge in [-0.15, -0.1) is 0 Å². The van der Waals surface area contributed by atoms with Crippen LogP contribution < -0.4 is 0 Å². The number of carbonyl (C=O) groups is 3. The van der Waals surface area contributed by atoms with Crippen LogP contribution in [0.4, 0.5) is 0 Å². The maximum Gasteiger partial charge on any atom is 0.305 e. The monoisotopic (exact) mass is 754 g/mol. The molecule has 0 aliphatic rings. The molecule has 0 aromatic carbocycles. The smallest absolute Gasteiger partial charge is 0.305 e. The number of esters is 3. The van der Waals surface area contributed by atoms with Crippen molar-refractivity contribution in [3.8, 4) is 0 Å². The average molecular weight is 754 g/mol. The highest BCUT2D eigenvalue weighted by molar-refractivity contribution is 5.70. The van der Waals surface area contributed by atoms with Gasteiger partial charge in [0.2, 0.25) is 0 Å². The molecule has 53 heavy (non-hydrogen) atoms. The first-order chi connectivity index (χ1) is 25.7. The van der Waals surface area contributed by atoms with Gasteiger partial charge in [-0.2, -0.15) is 0 Å². The number of hydrogen-bond acceptors (Lipinski definition) is 8. The Morgan fingerprint density at radius 3 is 1.28 bits per heavy atom. The number of nitrogens with zero attached hydrogens (tertiary/aromatic N) is 1. The third-order valence-electron chi connectivity index (χ3n) is 10.6. The first-order valence-corrected chi connectivity index (χ1v) is 22.4. The average Bonchev–Trinajstić information content (AvgIpc) is 3.14. The molecule has 0 amide bonds. The Labute approximate surface area is 327 Å². The van der Waals surface area contributed by atoms with Gasteiger partial charge in [-0.3, -0.25) is 14.4 Å². The lowest BCUT2D eigenvalue weighted by Gasteiger charge is -2.32. The van der Waals surface area contributed by atoms with Crippen LogP contribution in [0.3, 0.4) is 0 Å². The van der Waals surface area contributed by atoms with Crippen molar-refractivity contribution in [2.24, 2.45) is 17.3 Å². The van der Waals surface area contributed by atoms with Crippen molar-refractivity contribution in [3.05, 3.63) is 0 Å². The standard InChI is InChI=1S/C45H87NO7/c1-8-13-18-20-23-30-42(47)51-37-45(36-50-35-26-22-25-34-46(6)7,38-52-43(48)31-24-21-19-14-9-2)39-53-44(49)33-32-41(29-17-12-5)40(27-15-10-3)28-16-11-4/h40-41H,8-39H2,1-7H3. The zero-order valence-corrected chi connectivity index (χ0v) is 36.1. The minimum atomic E-state index is -0.971. The van der Waals surface area contributed by atoms with Crippen LogP contribution in [0.15, 0.2) is 0 Å². The molecule has 0 heterocycles. The molecule has 1 unspecified atom stereocenters. The van der Waals surface area contributed by atoms with Crippen LogP contribution >= 0.6 is 0 Å². The highest BCUT2D eigenvalue weighted by Crippen LogP contribution is 2.32. The van der Waals surface area contributed by atoms with E-state index in [0.717, 1.165) is 109 Å². The third kappa shape index (κ3) is 30.3. The summed E-state index contributed by atoms with van der Waals surface area (Å²) in [5.41, 5.74) is -0.971. The maximum atomic E-state index is 13.5. The fourth-order valence-corrected chi connectivity index (χ4v) is 6.94. The van der Waals surface area contributed by atoms with Crippen LogP contribution in [0.1, 0.15) is 202 Å². The first-order valence-electron chi connectivity index (χ1n) is 22.4. The molecule has 0 rings (SSSR count). The van der Waals surface area contributed by atoms with Crippen molar-refractivity contribution in [2.45, 2.75) is 202 Å². The normalized spacial score (nSPS) is 12.4. The highest BCUT2D eigenvalue weighted by atomic mass is 16.6. The van der Waals surface area contributed by atoms with Gasteiger partial charge in [-0.25, -0.2) is 0 Å². The van der Waals surface area contributed by atoms with Gasteiger partial charge in [-0.05, 0) is 71.0 Å². The lowest BCUT2D eigenvalue weighted by atomic mass is 9.79. The molecule has 0 spiro atoms. The van der Waals surface area contributed by atoms with Crippen LogP contribution in [-0.4, -0.2) is 76.5 Å². The van der Waals surface area contributed by atoms with Gasteiger partial charge in [-0.1, -0.05) is 144 Å². The van der Waals surface area contributed by atoms with E-state index in [1.807, 2.05) is 0 Å². The van der Waals surface area contributed by atoms with Gasteiger partial charge in [0.05, 0.1) is 12.0 Å². The lowest BCUT2D eigenvalue weighted by Crippen LogP contribution is -2.43. The van der Waals surface area contributed by atoms with Crippen molar-refractivity contribution < 1.29 is 33.3 Å². The van der Waals surface area contributed by atoms with Crippen molar-refractivity contribution in [3.63, 3.8) is 0 Å². The number of hydrogen-bond donors (Lipinski definition) is 0. The number of rotatable bonds is 39. The van der Waals surface area contributed by atoms with Gasteiger partial charge >= 0.3 is 17.9 Å². The topological polar surface area (TPSA) is 91.4 Å². The summed E-state index contributed by atoms with van der Waals surface area (Å²) >= 11 is 0. The zero-order chi connectivity index (χ0) is 39.4. The molecule has 8 heteroatoms. The highest BCUT2D eigenvalue weighted by Gasteiger charge is 2.37. The Morgan fingerprint density at radius 1 is 0.453 bits per heavy atom. The summed E-state index contributed by atoms with van der Waals surface area (Å²) in [5.74, 6) is 0.369. The number of carbonyl (C=O) groups excluding carboxylic acids is 3. The molecule has 0 aliphatic carbocycles. The Hall–Kier alpha value is -1.67. The van der Waals surface area contributed by atoms with E-state index in [4.69, 9.17) is 18.9 Å². The fraction of sp³-hybridized carbons (Fsp3) is 0.933. The molecule has 0 aliphatic heterocycles. The summed E-state index contributed by atoms with van der Waals surface area (Å²) in [6, 6.07) is 0.